The molecule has 0 radical (unpaired) electrons. The molecule has 1 aromatic carbocycles. The number of methoxy groups -OCH3 is 1. The number of aromatic nitrogens is 2. The molecule has 2 saturated heterocycles. The van der Waals surface area contributed by atoms with Crippen molar-refractivity contribution in [3.05, 3.63) is 58.6 Å². The highest BCUT2D eigenvalue weighted by Crippen LogP contribution is 2.39. The summed E-state index contributed by atoms with van der Waals surface area (Å²) < 4.78 is 11.9. The molecule has 3 aliphatic heterocycles. The van der Waals surface area contributed by atoms with Crippen molar-refractivity contribution >= 4 is 29.0 Å². The first-order chi connectivity index (χ1) is 19.4. The molecule has 1 amide bonds. The number of carbonyl (C=O) groups is 1. The maximum absolute atomic E-state index is 12.5. The summed E-state index contributed by atoms with van der Waals surface area (Å²) in [5, 5.41) is 0.566. The average Bonchev–Trinajstić information content (AvgIpc) is 3.39. The van der Waals surface area contributed by atoms with Gasteiger partial charge in [-0.25, -0.2) is 6.57 Å². The van der Waals surface area contributed by atoms with E-state index in [9.17, 15) is 4.79 Å². The van der Waals surface area contributed by atoms with Crippen LogP contribution in [0.15, 0.2) is 30.9 Å². The van der Waals surface area contributed by atoms with Crippen LogP contribution < -0.4 is 19.3 Å². The number of nitrogens with zero attached hydrogens (tertiary/aromatic N) is 7. The van der Waals surface area contributed by atoms with E-state index in [1.54, 1.807) is 12.0 Å². The second-order valence-corrected chi connectivity index (χ2v) is 10.9. The first kappa shape index (κ1) is 28.0. The highest BCUT2D eigenvalue weighted by atomic mass is 35.5. The molecule has 3 aliphatic rings. The van der Waals surface area contributed by atoms with Gasteiger partial charge in [0, 0.05) is 37.8 Å². The van der Waals surface area contributed by atoms with E-state index in [0.717, 1.165) is 55.1 Å². The molecule has 0 unspecified atom stereocenters. The highest BCUT2D eigenvalue weighted by Gasteiger charge is 2.35. The number of likely N-dealkylation sites (tertiary alicyclic amines) is 1. The van der Waals surface area contributed by atoms with Crippen LogP contribution in [-0.4, -0.2) is 97.8 Å². The molecule has 0 N–H and O–H groups in total. The number of anilines is 2. The van der Waals surface area contributed by atoms with Crippen LogP contribution in [0, 0.1) is 6.57 Å². The SMILES string of the molecule is [C-]#[N+]C[C@H]1CN(c2nc(OC[C@@H]3CCCN3C)nc3c2CCN(c2cccc(Cl)c2OC)C3)CCN1C(=O)C=C. The molecule has 11 heteroatoms. The third kappa shape index (κ3) is 5.67. The van der Waals surface area contributed by atoms with E-state index < -0.39 is 0 Å². The van der Waals surface area contributed by atoms with Crippen LogP contribution in [-0.2, 0) is 17.8 Å². The molecular formula is C29H36ClN7O3. The third-order valence-electron chi connectivity index (χ3n) is 8.13. The Morgan fingerprint density at radius 2 is 2.08 bits per heavy atom. The summed E-state index contributed by atoms with van der Waals surface area (Å²) in [5.74, 6) is 1.33. The molecule has 2 aromatic rings. The fraction of sp³-hybridized carbons (Fsp3) is 0.517. The molecule has 10 nitrogen and oxygen atoms in total. The van der Waals surface area contributed by atoms with Gasteiger partial charge >= 0.3 is 6.01 Å². The zero-order valence-electron chi connectivity index (χ0n) is 23.2. The summed E-state index contributed by atoms with van der Waals surface area (Å²) >= 11 is 6.44. The summed E-state index contributed by atoms with van der Waals surface area (Å²) in [6.07, 6.45) is 4.30. The minimum atomic E-state index is -0.241. The van der Waals surface area contributed by atoms with Crippen LogP contribution in [0.5, 0.6) is 11.8 Å². The van der Waals surface area contributed by atoms with E-state index in [4.69, 9.17) is 37.6 Å². The normalized spacial score (nSPS) is 21.1. The van der Waals surface area contributed by atoms with Gasteiger partial charge in [0.2, 0.25) is 12.5 Å². The van der Waals surface area contributed by atoms with Crippen molar-refractivity contribution in [2.45, 2.75) is 37.9 Å². The van der Waals surface area contributed by atoms with Crippen LogP contribution in [0.3, 0.4) is 0 Å². The molecule has 212 valence electrons. The van der Waals surface area contributed by atoms with E-state index in [-0.39, 0.29) is 18.5 Å². The van der Waals surface area contributed by atoms with Crippen molar-refractivity contribution in [3.8, 4) is 11.8 Å². The lowest BCUT2D eigenvalue weighted by atomic mass is 10.0. The maximum atomic E-state index is 12.5. The molecule has 0 aliphatic carbocycles. The number of para-hydroxylation sites is 1. The van der Waals surface area contributed by atoms with Gasteiger partial charge in [0.05, 0.1) is 30.1 Å². The number of ether oxygens (including phenoxy) is 2. The van der Waals surface area contributed by atoms with E-state index in [1.807, 2.05) is 18.2 Å². The van der Waals surface area contributed by atoms with Crippen LogP contribution >= 0.6 is 11.6 Å². The lowest BCUT2D eigenvalue weighted by Gasteiger charge is -2.41. The van der Waals surface area contributed by atoms with Crippen molar-refractivity contribution in [2.24, 2.45) is 0 Å². The standard InChI is InChI=1S/C29H36ClN7O3/c1-5-26(38)37-15-14-36(17-21(37)16-31-2)28-22-11-13-35(25-10-6-9-23(30)27(25)39-4)18-24(22)32-29(33-28)40-19-20-8-7-12-34(20)3/h5-6,9-10,20-21H,1,7-8,11-19H2,3-4H3/t20-,21-/m0/s1. The summed E-state index contributed by atoms with van der Waals surface area (Å²) in [6, 6.07) is 6.22. The van der Waals surface area contributed by atoms with Gasteiger partial charge in [0.15, 0.2) is 5.75 Å². The van der Waals surface area contributed by atoms with Crippen molar-refractivity contribution in [1.82, 2.24) is 19.8 Å². The van der Waals surface area contributed by atoms with E-state index in [1.165, 1.54) is 6.08 Å². The zero-order valence-corrected chi connectivity index (χ0v) is 23.9. The Balaban J connectivity index is 1.47. The number of amides is 1. The van der Waals surface area contributed by atoms with Crippen LogP contribution in [0.25, 0.3) is 4.85 Å². The summed E-state index contributed by atoms with van der Waals surface area (Å²) in [7, 11) is 3.75. The highest BCUT2D eigenvalue weighted by molar-refractivity contribution is 6.32. The number of hydrogen-bond donors (Lipinski definition) is 0. The Bertz CT molecular complexity index is 1300. The minimum absolute atomic E-state index is 0.145. The molecule has 0 spiro atoms. The molecule has 5 rings (SSSR count). The second kappa shape index (κ2) is 12.3. The number of benzene rings is 1. The van der Waals surface area contributed by atoms with Crippen LogP contribution in [0.1, 0.15) is 24.1 Å². The largest absolute Gasteiger partial charge is 0.493 e. The summed E-state index contributed by atoms with van der Waals surface area (Å²) in [6.45, 7) is 15.8. The first-order valence-corrected chi connectivity index (χ1v) is 14.1. The molecular weight excluding hydrogens is 530 g/mol. The number of halogens is 1. The van der Waals surface area contributed by atoms with Crippen molar-refractivity contribution < 1.29 is 14.3 Å². The van der Waals surface area contributed by atoms with Gasteiger partial charge in [0.25, 0.3) is 0 Å². The van der Waals surface area contributed by atoms with Crippen LogP contribution in [0.4, 0.5) is 11.5 Å². The Hall–Kier alpha value is -3.55. The van der Waals surface area contributed by atoms with Gasteiger partial charge < -0.3 is 33.9 Å². The smallest absolute Gasteiger partial charge is 0.318 e. The third-order valence-corrected chi connectivity index (χ3v) is 8.43. The number of likely N-dealkylation sites (N-methyl/N-ethyl adjacent to an activating group) is 1. The summed E-state index contributed by atoms with van der Waals surface area (Å²) in [4.78, 5) is 34.4. The quantitative estimate of drug-likeness (QED) is 0.356. The Morgan fingerprint density at radius 3 is 2.80 bits per heavy atom. The number of rotatable bonds is 8. The second-order valence-electron chi connectivity index (χ2n) is 10.5. The maximum Gasteiger partial charge on any atom is 0.318 e. The van der Waals surface area contributed by atoms with Gasteiger partial charge in [-0.15, -0.1) is 0 Å². The predicted octanol–water partition coefficient (Wildman–Crippen LogP) is 3.30. The van der Waals surface area contributed by atoms with Crippen molar-refractivity contribution in [1.29, 1.82) is 0 Å². The number of fused-ring (bicyclic) bond motifs is 1. The van der Waals surface area contributed by atoms with Crippen molar-refractivity contribution in [3.63, 3.8) is 0 Å². The Kier molecular flexibility index (Phi) is 8.62. The predicted molar refractivity (Wildman–Crippen MR) is 155 cm³/mol. The molecule has 0 bridgehead atoms. The van der Waals surface area contributed by atoms with Gasteiger partial charge in [0.1, 0.15) is 18.5 Å². The van der Waals surface area contributed by atoms with Gasteiger partial charge in [-0.1, -0.05) is 24.2 Å². The van der Waals surface area contributed by atoms with Crippen LogP contribution in [0.2, 0.25) is 5.02 Å². The molecule has 40 heavy (non-hydrogen) atoms. The van der Waals surface area contributed by atoms with Gasteiger partial charge in [-0.2, -0.15) is 9.97 Å². The number of piperazine rings is 1. The van der Waals surface area contributed by atoms with E-state index in [2.05, 4.69) is 33.2 Å². The fourth-order valence-electron chi connectivity index (χ4n) is 5.95. The lowest BCUT2D eigenvalue weighted by Crippen LogP contribution is -2.56. The summed E-state index contributed by atoms with van der Waals surface area (Å²) in [5.41, 5.74) is 2.90. The zero-order chi connectivity index (χ0) is 28.2. The monoisotopic (exact) mass is 565 g/mol. The minimum Gasteiger partial charge on any atom is -0.493 e. The first-order valence-electron chi connectivity index (χ1n) is 13.7. The Labute approximate surface area is 240 Å². The Morgan fingerprint density at radius 1 is 1.23 bits per heavy atom. The fourth-order valence-corrected chi connectivity index (χ4v) is 6.19. The van der Waals surface area contributed by atoms with E-state index in [0.29, 0.717) is 55.6 Å². The molecule has 2 fully saturated rings. The van der Waals surface area contributed by atoms with Crippen molar-refractivity contribution in [2.75, 3.05) is 69.8 Å². The number of carbonyl (C=O) groups excluding carboxylic acids is 1. The van der Waals surface area contributed by atoms with Gasteiger partial charge in [-0.05, 0) is 51.1 Å². The van der Waals surface area contributed by atoms with E-state index >= 15 is 0 Å². The molecule has 1 aromatic heterocycles. The molecule has 4 heterocycles. The molecule has 0 saturated carbocycles. The molecule has 2 atom stereocenters. The lowest BCUT2D eigenvalue weighted by molar-refractivity contribution is -0.128. The van der Waals surface area contributed by atoms with Gasteiger partial charge in [-0.3, -0.25) is 4.79 Å². The topological polar surface area (TPSA) is 78.6 Å². The average molecular weight is 566 g/mol. The number of hydrogen-bond acceptors (Lipinski definition) is 8.